The van der Waals surface area contributed by atoms with Gasteiger partial charge in [0.2, 0.25) is 0 Å². The molecule has 0 radical (unpaired) electrons. The van der Waals surface area contributed by atoms with Gasteiger partial charge >= 0.3 is 11.9 Å². The summed E-state index contributed by atoms with van der Waals surface area (Å²) in [5.74, 6) is 3.01. The second-order valence-corrected chi connectivity index (χ2v) is 3.43. The molecule has 0 aromatic carbocycles. The van der Waals surface area contributed by atoms with Crippen LogP contribution in [0.2, 0.25) is 0 Å². The number of carbonyl (C=O) groups is 2. The van der Waals surface area contributed by atoms with E-state index in [9.17, 15) is 9.59 Å². The normalized spacial score (nSPS) is 8.86. The van der Waals surface area contributed by atoms with Gasteiger partial charge in [0.1, 0.15) is 11.3 Å². The fraction of sp³-hybridized carbons (Fsp3) is 0.111. The summed E-state index contributed by atoms with van der Waals surface area (Å²) < 4.78 is 0. The molecule has 0 unspecified atom stereocenters. The predicted octanol–water partition coefficient (Wildman–Crippen LogP) is 1.27. The Kier molecular flexibility index (Phi) is 3.26. The van der Waals surface area contributed by atoms with Gasteiger partial charge in [0.15, 0.2) is 0 Å². The molecule has 0 amide bonds. The van der Waals surface area contributed by atoms with Gasteiger partial charge in [-0.25, -0.2) is 4.79 Å². The first-order valence-electron chi connectivity index (χ1n) is 3.63. The van der Waals surface area contributed by atoms with Crippen molar-refractivity contribution in [3.05, 3.63) is 21.9 Å². The van der Waals surface area contributed by atoms with E-state index in [0.717, 1.165) is 11.3 Å². The molecule has 14 heavy (non-hydrogen) atoms. The number of aromatic carboxylic acids is 1. The van der Waals surface area contributed by atoms with Crippen LogP contribution in [0.1, 0.15) is 21.0 Å². The molecule has 2 N–H and O–H groups in total. The van der Waals surface area contributed by atoms with E-state index < -0.39 is 11.9 Å². The van der Waals surface area contributed by atoms with Crippen molar-refractivity contribution >= 4 is 23.3 Å². The van der Waals surface area contributed by atoms with E-state index in [2.05, 4.69) is 11.8 Å². The lowest BCUT2D eigenvalue weighted by Gasteiger charge is -1.81. The Hall–Kier alpha value is -1.80. The predicted molar refractivity (Wildman–Crippen MR) is 50.4 cm³/mol. The first-order chi connectivity index (χ1) is 6.59. The maximum Gasteiger partial charge on any atom is 0.345 e. The van der Waals surface area contributed by atoms with Crippen LogP contribution < -0.4 is 0 Å². The highest BCUT2D eigenvalue weighted by molar-refractivity contribution is 7.14. The average Bonchev–Trinajstić information content (AvgIpc) is 2.52. The lowest BCUT2D eigenvalue weighted by Crippen LogP contribution is -1.90. The van der Waals surface area contributed by atoms with Crippen molar-refractivity contribution < 1.29 is 19.8 Å². The number of aliphatic carboxylic acids is 1. The molecule has 0 aliphatic rings. The zero-order chi connectivity index (χ0) is 10.6. The highest BCUT2D eigenvalue weighted by atomic mass is 32.1. The second kappa shape index (κ2) is 4.44. The van der Waals surface area contributed by atoms with Gasteiger partial charge in [-0.2, -0.15) is 0 Å². The van der Waals surface area contributed by atoms with Gasteiger partial charge < -0.3 is 10.2 Å². The number of thiophene rings is 1. The van der Waals surface area contributed by atoms with Gasteiger partial charge in [-0.05, 0) is 12.1 Å². The van der Waals surface area contributed by atoms with Crippen molar-refractivity contribution in [2.45, 2.75) is 6.42 Å². The molecular formula is C9H6O4S. The third kappa shape index (κ3) is 2.92. The quantitative estimate of drug-likeness (QED) is 0.721. The van der Waals surface area contributed by atoms with E-state index in [-0.39, 0.29) is 11.3 Å². The molecule has 0 spiro atoms. The van der Waals surface area contributed by atoms with Crippen molar-refractivity contribution in [2.24, 2.45) is 0 Å². The number of hydrogen-bond donors (Lipinski definition) is 2. The van der Waals surface area contributed by atoms with Gasteiger partial charge in [0.05, 0.1) is 4.88 Å². The summed E-state index contributed by atoms with van der Waals surface area (Å²) in [5.41, 5.74) is 0. The first-order valence-corrected chi connectivity index (χ1v) is 4.45. The number of hydrogen-bond acceptors (Lipinski definition) is 3. The van der Waals surface area contributed by atoms with Crippen LogP contribution in [0.15, 0.2) is 12.1 Å². The van der Waals surface area contributed by atoms with Crippen LogP contribution in [0, 0.1) is 11.8 Å². The zero-order valence-corrected chi connectivity index (χ0v) is 7.80. The summed E-state index contributed by atoms with van der Waals surface area (Å²) in [7, 11) is 0. The molecule has 72 valence electrons. The smallest absolute Gasteiger partial charge is 0.345 e. The van der Waals surface area contributed by atoms with Crippen LogP contribution >= 0.6 is 11.3 Å². The summed E-state index contributed by atoms with van der Waals surface area (Å²) in [6.45, 7) is 0. The van der Waals surface area contributed by atoms with E-state index in [4.69, 9.17) is 10.2 Å². The van der Waals surface area contributed by atoms with Crippen LogP contribution in [0.5, 0.6) is 0 Å². The van der Waals surface area contributed by atoms with Crippen molar-refractivity contribution in [1.29, 1.82) is 0 Å². The minimum atomic E-state index is -0.999. The fourth-order valence-corrected chi connectivity index (χ4v) is 1.45. The summed E-state index contributed by atoms with van der Waals surface area (Å²) in [6, 6.07) is 3.00. The van der Waals surface area contributed by atoms with E-state index >= 15 is 0 Å². The molecule has 0 aliphatic heterocycles. The molecular weight excluding hydrogens is 204 g/mol. The summed E-state index contributed by atoms with van der Waals surface area (Å²) in [4.78, 5) is 21.3. The minimum Gasteiger partial charge on any atom is -0.481 e. The Labute approximate surface area is 83.8 Å². The monoisotopic (exact) mass is 210 g/mol. The third-order valence-electron chi connectivity index (χ3n) is 1.27. The Morgan fingerprint density at radius 3 is 2.57 bits per heavy atom. The molecule has 0 fully saturated rings. The summed E-state index contributed by atoms with van der Waals surface area (Å²) in [5, 5.41) is 16.9. The number of carboxylic acids is 2. The third-order valence-corrected chi connectivity index (χ3v) is 2.26. The molecule has 0 saturated carbocycles. The van der Waals surface area contributed by atoms with Crippen LogP contribution in [-0.2, 0) is 4.79 Å². The number of carboxylic acid groups (broad SMARTS) is 2. The molecule has 1 aromatic rings. The minimum absolute atomic E-state index is 0.199. The van der Waals surface area contributed by atoms with Crippen LogP contribution in [-0.4, -0.2) is 22.2 Å². The topological polar surface area (TPSA) is 74.6 Å². The highest BCUT2D eigenvalue weighted by Crippen LogP contribution is 2.14. The Morgan fingerprint density at radius 2 is 2.07 bits per heavy atom. The molecule has 1 rings (SSSR count). The van der Waals surface area contributed by atoms with Crippen LogP contribution in [0.3, 0.4) is 0 Å². The molecule has 0 bridgehead atoms. The molecule has 0 atom stereocenters. The molecule has 4 nitrogen and oxygen atoms in total. The van der Waals surface area contributed by atoms with Crippen LogP contribution in [0.25, 0.3) is 0 Å². The maximum absolute atomic E-state index is 10.5. The molecule has 0 aliphatic carbocycles. The average molecular weight is 210 g/mol. The van der Waals surface area contributed by atoms with Crippen molar-refractivity contribution in [3.63, 3.8) is 0 Å². The van der Waals surface area contributed by atoms with Crippen molar-refractivity contribution in [3.8, 4) is 11.8 Å². The Morgan fingerprint density at radius 1 is 1.36 bits per heavy atom. The zero-order valence-electron chi connectivity index (χ0n) is 6.98. The Balaban J connectivity index is 2.71. The number of rotatable bonds is 2. The standard InChI is InChI=1S/C9H6O4S/c10-8(11)3-1-2-6-4-5-7(14-6)9(12)13/h4-5H,3H2,(H,10,11)(H,12,13). The van der Waals surface area contributed by atoms with Gasteiger partial charge in [0, 0.05) is 0 Å². The first kappa shape index (κ1) is 10.3. The van der Waals surface area contributed by atoms with Gasteiger partial charge in [-0.3, -0.25) is 4.79 Å². The highest BCUT2D eigenvalue weighted by Gasteiger charge is 2.04. The Bertz CT molecular complexity index is 422. The second-order valence-electron chi connectivity index (χ2n) is 2.34. The largest absolute Gasteiger partial charge is 0.481 e. The molecule has 5 heteroatoms. The molecule has 1 heterocycles. The molecule has 1 aromatic heterocycles. The van der Waals surface area contributed by atoms with Gasteiger partial charge in [-0.15, -0.1) is 11.3 Å². The van der Waals surface area contributed by atoms with E-state index in [1.807, 2.05) is 0 Å². The molecule has 0 saturated heterocycles. The fourth-order valence-electron chi connectivity index (χ4n) is 0.727. The van der Waals surface area contributed by atoms with Gasteiger partial charge in [0.25, 0.3) is 0 Å². The van der Waals surface area contributed by atoms with Crippen molar-refractivity contribution in [1.82, 2.24) is 0 Å². The lowest BCUT2D eigenvalue weighted by atomic mass is 10.4. The van der Waals surface area contributed by atoms with Crippen LogP contribution in [0.4, 0.5) is 0 Å². The summed E-state index contributed by atoms with van der Waals surface area (Å²) in [6.07, 6.45) is -0.236. The van der Waals surface area contributed by atoms with E-state index in [1.54, 1.807) is 6.07 Å². The van der Waals surface area contributed by atoms with E-state index in [1.165, 1.54) is 6.07 Å². The van der Waals surface area contributed by atoms with E-state index in [0.29, 0.717) is 4.88 Å². The summed E-state index contributed by atoms with van der Waals surface area (Å²) >= 11 is 1.03. The maximum atomic E-state index is 10.5. The SMILES string of the molecule is O=C(O)CC#Cc1ccc(C(=O)O)s1. The van der Waals surface area contributed by atoms with Gasteiger partial charge in [-0.1, -0.05) is 11.8 Å². The lowest BCUT2D eigenvalue weighted by molar-refractivity contribution is -0.135. The van der Waals surface area contributed by atoms with Crippen molar-refractivity contribution in [2.75, 3.05) is 0 Å².